The lowest BCUT2D eigenvalue weighted by Gasteiger charge is -2.19. The summed E-state index contributed by atoms with van der Waals surface area (Å²) in [6.07, 6.45) is 0. The Balaban J connectivity index is 3.00. The molecular weight excluding hydrogens is 212 g/mol. The number of pyridine rings is 1. The third kappa shape index (κ3) is 2.69. The van der Waals surface area contributed by atoms with E-state index in [4.69, 9.17) is 11.6 Å². The summed E-state index contributed by atoms with van der Waals surface area (Å²) in [5, 5.41) is 0.420. The Labute approximate surface area is 95.1 Å². The zero-order chi connectivity index (χ0) is 11.4. The van der Waals surface area contributed by atoms with Crippen molar-refractivity contribution < 1.29 is 4.79 Å². The zero-order valence-electron chi connectivity index (χ0n) is 9.25. The number of carbonyl (C=O) groups is 1. The predicted molar refractivity (Wildman–Crippen MR) is 61.2 cm³/mol. The van der Waals surface area contributed by atoms with Gasteiger partial charge in [-0.1, -0.05) is 11.6 Å². The van der Waals surface area contributed by atoms with Crippen LogP contribution in [0.3, 0.4) is 0 Å². The van der Waals surface area contributed by atoms with Crippen molar-refractivity contribution in [2.45, 2.75) is 20.8 Å². The molecule has 0 bridgehead atoms. The van der Waals surface area contributed by atoms with Gasteiger partial charge in [-0.15, -0.1) is 0 Å². The van der Waals surface area contributed by atoms with Crippen LogP contribution in [0, 0.1) is 6.92 Å². The maximum absolute atomic E-state index is 12.0. The van der Waals surface area contributed by atoms with Gasteiger partial charge in [-0.05, 0) is 32.9 Å². The van der Waals surface area contributed by atoms with Gasteiger partial charge in [0.2, 0.25) is 0 Å². The summed E-state index contributed by atoms with van der Waals surface area (Å²) in [5.74, 6) is 0.0154. The first-order valence-electron chi connectivity index (χ1n) is 5.02. The summed E-state index contributed by atoms with van der Waals surface area (Å²) >= 11 is 5.73. The van der Waals surface area contributed by atoms with E-state index >= 15 is 0 Å². The summed E-state index contributed by atoms with van der Waals surface area (Å²) in [7, 11) is 0. The average molecular weight is 227 g/mol. The third-order valence-electron chi connectivity index (χ3n) is 2.33. The molecule has 1 heterocycles. The van der Waals surface area contributed by atoms with Crippen molar-refractivity contribution in [3.05, 3.63) is 28.5 Å². The average Bonchev–Trinajstić information content (AvgIpc) is 2.19. The molecule has 1 amide bonds. The Kier molecular flexibility index (Phi) is 4.09. The normalized spacial score (nSPS) is 10.1. The zero-order valence-corrected chi connectivity index (χ0v) is 10.0. The first-order valence-corrected chi connectivity index (χ1v) is 5.40. The van der Waals surface area contributed by atoms with Crippen LogP contribution >= 0.6 is 11.6 Å². The van der Waals surface area contributed by atoms with Gasteiger partial charge in [0.25, 0.3) is 5.91 Å². The largest absolute Gasteiger partial charge is 0.339 e. The van der Waals surface area contributed by atoms with Gasteiger partial charge in [-0.2, -0.15) is 0 Å². The summed E-state index contributed by atoms with van der Waals surface area (Å²) in [5.41, 5.74) is 1.31. The van der Waals surface area contributed by atoms with Crippen LogP contribution in [-0.4, -0.2) is 28.9 Å². The summed E-state index contributed by atoms with van der Waals surface area (Å²) in [6, 6.07) is 3.37. The monoisotopic (exact) mass is 226 g/mol. The maximum Gasteiger partial charge on any atom is 0.255 e. The van der Waals surface area contributed by atoms with Gasteiger partial charge in [-0.25, -0.2) is 4.98 Å². The number of rotatable bonds is 3. The lowest BCUT2D eigenvalue weighted by atomic mass is 10.2. The molecule has 0 unspecified atom stereocenters. The fourth-order valence-corrected chi connectivity index (χ4v) is 1.63. The smallest absolute Gasteiger partial charge is 0.255 e. The molecule has 1 rings (SSSR count). The van der Waals surface area contributed by atoms with Crippen LogP contribution in [0.15, 0.2) is 12.1 Å². The highest BCUT2D eigenvalue weighted by Gasteiger charge is 2.15. The molecule has 0 saturated carbocycles. The number of aromatic nitrogens is 1. The topological polar surface area (TPSA) is 33.2 Å². The minimum absolute atomic E-state index is 0.0154. The molecule has 1 aromatic heterocycles. The number of amides is 1. The Hall–Kier alpha value is -1.09. The van der Waals surface area contributed by atoms with Crippen LogP contribution in [0.4, 0.5) is 0 Å². The first-order chi connectivity index (χ1) is 7.10. The van der Waals surface area contributed by atoms with E-state index in [2.05, 4.69) is 4.98 Å². The Bertz CT molecular complexity index is 362. The van der Waals surface area contributed by atoms with E-state index in [0.29, 0.717) is 29.5 Å². The molecule has 0 saturated heterocycles. The number of aryl methyl sites for hydroxylation is 1. The summed E-state index contributed by atoms with van der Waals surface area (Å²) < 4.78 is 0. The van der Waals surface area contributed by atoms with Gasteiger partial charge >= 0.3 is 0 Å². The second kappa shape index (κ2) is 5.12. The molecule has 1 aromatic rings. The van der Waals surface area contributed by atoms with Crippen molar-refractivity contribution in [1.29, 1.82) is 0 Å². The molecule has 82 valence electrons. The van der Waals surface area contributed by atoms with Crippen LogP contribution in [0.25, 0.3) is 0 Å². The molecule has 4 heteroatoms. The molecule has 0 aliphatic heterocycles. The fraction of sp³-hybridized carbons (Fsp3) is 0.455. The lowest BCUT2D eigenvalue weighted by Crippen LogP contribution is -2.31. The number of carbonyl (C=O) groups excluding carboxylic acids is 1. The molecule has 15 heavy (non-hydrogen) atoms. The van der Waals surface area contributed by atoms with Gasteiger partial charge in [0.05, 0.1) is 11.3 Å². The second-order valence-electron chi connectivity index (χ2n) is 3.24. The maximum atomic E-state index is 12.0. The third-order valence-corrected chi connectivity index (χ3v) is 2.54. The Morgan fingerprint density at radius 3 is 2.47 bits per heavy atom. The van der Waals surface area contributed by atoms with Gasteiger partial charge in [0.1, 0.15) is 5.15 Å². The highest BCUT2D eigenvalue weighted by Crippen LogP contribution is 2.12. The Morgan fingerprint density at radius 2 is 2.00 bits per heavy atom. The number of halogens is 1. The second-order valence-corrected chi connectivity index (χ2v) is 3.63. The van der Waals surface area contributed by atoms with Gasteiger partial charge in [-0.3, -0.25) is 4.79 Å². The van der Waals surface area contributed by atoms with E-state index in [0.717, 1.165) is 0 Å². The minimum atomic E-state index is 0.0154. The van der Waals surface area contributed by atoms with Crippen molar-refractivity contribution in [3.8, 4) is 0 Å². The van der Waals surface area contributed by atoms with Crippen LogP contribution in [0.1, 0.15) is 29.9 Å². The molecule has 0 aromatic carbocycles. The van der Waals surface area contributed by atoms with Crippen molar-refractivity contribution >= 4 is 17.5 Å². The summed E-state index contributed by atoms with van der Waals surface area (Å²) in [6.45, 7) is 7.12. The highest BCUT2D eigenvalue weighted by atomic mass is 35.5. The van der Waals surface area contributed by atoms with E-state index in [1.54, 1.807) is 24.0 Å². The van der Waals surface area contributed by atoms with E-state index in [-0.39, 0.29) is 5.91 Å². The summed E-state index contributed by atoms with van der Waals surface area (Å²) in [4.78, 5) is 17.8. The quantitative estimate of drug-likeness (QED) is 0.743. The number of nitrogens with zero attached hydrogens (tertiary/aromatic N) is 2. The van der Waals surface area contributed by atoms with E-state index in [1.807, 2.05) is 13.8 Å². The molecule has 0 atom stereocenters. The molecule has 0 spiro atoms. The lowest BCUT2D eigenvalue weighted by molar-refractivity contribution is 0.0772. The van der Waals surface area contributed by atoms with Crippen LogP contribution in [-0.2, 0) is 0 Å². The van der Waals surface area contributed by atoms with E-state index in [1.165, 1.54) is 0 Å². The van der Waals surface area contributed by atoms with Crippen molar-refractivity contribution in [2.24, 2.45) is 0 Å². The number of hydrogen-bond donors (Lipinski definition) is 0. The van der Waals surface area contributed by atoms with Crippen LogP contribution < -0.4 is 0 Å². The van der Waals surface area contributed by atoms with Crippen LogP contribution in [0.5, 0.6) is 0 Å². The van der Waals surface area contributed by atoms with E-state index in [9.17, 15) is 4.79 Å². The minimum Gasteiger partial charge on any atom is -0.339 e. The standard InChI is InChI=1S/C11H15ClN2O/c1-4-14(5-2)11(15)9-6-7-10(12)13-8(9)3/h6-7H,4-5H2,1-3H3. The number of hydrogen-bond acceptors (Lipinski definition) is 2. The molecule has 0 aliphatic carbocycles. The SMILES string of the molecule is CCN(CC)C(=O)c1ccc(Cl)nc1C. The predicted octanol–water partition coefficient (Wildman–Crippen LogP) is 2.53. The fourth-order valence-electron chi connectivity index (χ4n) is 1.44. The molecule has 0 aliphatic rings. The highest BCUT2D eigenvalue weighted by molar-refractivity contribution is 6.29. The first kappa shape index (κ1) is 12.0. The van der Waals surface area contributed by atoms with Gasteiger partial charge < -0.3 is 4.90 Å². The molecule has 0 radical (unpaired) electrons. The van der Waals surface area contributed by atoms with Crippen molar-refractivity contribution in [3.63, 3.8) is 0 Å². The molecular formula is C11H15ClN2O. The van der Waals surface area contributed by atoms with Gasteiger partial charge in [0, 0.05) is 13.1 Å². The molecule has 3 nitrogen and oxygen atoms in total. The van der Waals surface area contributed by atoms with Gasteiger partial charge in [0.15, 0.2) is 0 Å². The van der Waals surface area contributed by atoms with Crippen molar-refractivity contribution in [1.82, 2.24) is 9.88 Å². The van der Waals surface area contributed by atoms with E-state index < -0.39 is 0 Å². The molecule has 0 fully saturated rings. The Morgan fingerprint density at radius 1 is 1.40 bits per heavy atom. The van der Waals surface area contributed by atoms with Crippen molar-refractivity contribution in [2.75, 3.05) is 13.1 Å². The van der Waals surface area contributed by atoms with Crippen LogP contribution in [0.2, 0.25) is 5.15 Å². The molecule has 0 N–H and O–H groups in total.